The van der Waals surface area contributed by atoms with Gasteiger partial charge in [0.25, 0.3) is 0 Å². The van der Waals surface area contributed by atoms with Crippen LogP contribution in [0.4, 0.5) is 0 Å². The molecule has 0 aromatic heterocycles. The molecule has 1 aliphatic carbocycles. The second-order valence-electron chi connectivity index (χ2n) is 5.97. The van der Waals surface area contributed by atoms with Crippen LogP contribution in [0, 0.1) is 0 Å². The highest BCUT2D eigenvalue weighted by Crippen LogP contribution is 2.34. The fraction of sp³-hybridized carbons (Fsp3) is 0.938. The topological polar surface area (TPSA) is 64.8 Å². The zero-order valence-electron chi connectivity index (χ0n) is 14.1. The highest BCUT2D eigenvalue weighted by atomic mass is 16.5. The van der Waals surface area contributed by atoms with Crippen LogP contribution in [0.25, 0.3) is 0 Å². The number of hydrogen-bond acceptors (Lipinski definition) is 5. The zero-order valence-corrected chi connectivity index (χ0v) is 14.1. The molecule has 0 aromatic rings. The van der Waals surface area contributed by atoms with Crippen LogP contribution in [0.1, 0.15) is 52.9 Å². The summed E-state index contributed by atoms with van der Waals surface area (Å²) in [5.41, 5.74) is 5.49. The lowest BCUT2D eigenvalue weighted by Crippen LogP contribution is -2.50. The minimum atomic E-state index is -0.808. The van der Waals surface area contributed by atoms with Crippen LogP contribution >= 0.6 is 0 Å². The standard InChI is InChI=1S/C16H32N2O3/c1-5-13(6-2)18(10-11-20-4)14-8-9-16(17,12-14)15(19)21-7-3/h13-14H,5-12,17H2,1-4H3. The van der Waals surface area contributed by atoms with Crippen molar-refractivity contribution in [2.45, 2.75) is 70.5 Å². The van der Waals surface area contributed by atoms with E-state index < -0.39 is 5.54 Å². The van der Waals surface area contributed by atoms with Crippen molar-refractivity contribution in [2.75, 3.05) is 26.9 Å². The average Bonchev–Trinajstić information content (AvgIpc) is 2.87. The molecule has 124 valence electrons. The number of ether oxygens (including phenoxy) is 2. The lowest BCUT2D eigenvalue weighted by Gasteiger charge is -2.36. The summed E-state index contributed by atoms with van der Waals surface area (Å²) < 4.78 is 10.4. The number of carbonyl (C=O) groups excluding carboxylic acids is 1. The zero-order chi connectivity index (χ0) is 15.9. The molecule has 0 amide bonds. The van der Waals surface area contributed by atoms with E-state index in [9.17, 15) is 4.79 Å². The van der Waals surface area contributed by atoms with Crippen molar-refractivity contribution in [2.24, 2.45) is 5.73 Å². The first-order chi connectivity index (χ1) is 10.0. The minimum absolute atomic E-state index is 0.247. The fourth-order valence-electron chi connectivity index (χ4n) is 3.41. The van der Waals surface area contributed by atoms with E-state index in [0.717, 1.165) is 25.8 Å². The Labute approximate surface area is 129 Å². The van der Waals surface area contributed by atoms with Crippen molar-refractivity contribution in [3.63, 3.8) is 0 Å². The molecule has 0 radical (unpaired) electrons. The van der Waals surface area contributed by atoms with Crippen LogP contribution in [0.2, 0.25) is 0 Å². The number of nitrogens with zero attached hydrogens (tertiary/aromatic N) is 1. The van der Waals surface area contributed by atoms with Crippen LogP contribution in [-0.4, -0.2) is 55.4 Å². The average molecular weight is 300 g/mol. The van der Waals surface area contributed by atoms with Crippen molar-refractivity contribution in [3.8, 4) is 0 Å². The molecule has 0 spiro atoms. The van der Waals surface area contributed by atoms with Gasteiger partial charge in [0.15, 0.2) is 0 Å². The molecule has 0 heterocycles. The lowest BCUT2D eigenvalue weighted by molar-refractivity contribution is -0.149. The summed E-state index contributed by atoms with van der Waals surface area (Å²) in [6.45, 7) is 8.25. The molecule has 5 heteroatoms. The van der Waals surface area contributed by atoms with Gasteiger partial charge in [-0.25, -0.2) is 0 Å². The van der Waals surface area contributed by atoms with Gasteiger partial charge in [0, 0.05) is 25.7 Å². The van der Waals surface area contributed by atoms with Crippen molar-refractivity contribution in [1.29, 1.82) is 0 Å². The van der Waals surface area contributed by atoms with E-state index in [2.05, 4.69) is 18.7 Å². The van der Waals surface area contributed by atoms with Gasteiger partial charge in [-0.2, -0.15) is 0 Å². The van der Waals surface area contributed by atoms with Crippen molar-refractivity contribution in [1.82, 2.24) is 4.90 Å². The third kappa shape index (κ3) is 4.66. The molecule has 1 rings (SSSR count). The van der Waals surface area contributed by atoms with Gasteiger partial charge < -0.3 is 15.2 Å². The van der Waals surface area contributed by atoms with E-state index in [1.165, 1.54) is 0 Å². The summed E-state index contributed by atoms with van der Waals surface area (Å²) in [6.07, 6.45) is 4.56. The Morgan fingerprint density at radius 3 is 2.57 bits per heavy atom. The molecule has 0 aromatic carbocycles. The van der Waals surface area contributed by atoms with Crippen LogP contribution in [0.5, 0.6) is 0 Å². The van der Waals surface area contributed by atoms with Gasteiger partial charge in [-0.3, -0.25) is 9.69 Å². The first-order valence-corrected chi connectivity index (χ1v) is 8.23. The molecular weight excluding hydrogens is 268 g/mol. The van der Waals surface area contributed by atoms with Gasteiger partial charge >= 0.3 is 5.97 Å². The maximum atomic E-state index is 12.1. The largest absolute Gasteiger partial charge is 0.465 e. The van der Waals surface area contributed by atoms with Crippen molar-refractivity contribution < 1.29 is 14.3 Å². The van der Waals surface area contributed by atoms with E-state index in [4.69, 9.17) is 15.2 Å². The molecular formula is C16H32N2O3. The third-order valence-corrected chi connectivity index (χ3v) is 4.64. The SMILES string of the molecule is CCOC(=O)C1(N)CCC(N(CCOC)C(CC)CC)C1. The molecule has 5 nitrogen and oxygen atoms in total. The van der Waals surface area contributed by atoms with E-state index in [-0.39, 0.29) is 5.97 Å². The number of nitrogens with two attached hydrogens (primary N) is 1. The van der Waals surface area contributed by atoms with Crippen LogP contribution < -0.4 is 5.73 Å². The molecule has 2 atom stereocenters. The number of carbonyl (C=O) groups is 1. The summed E-state index contributed by atoms with van der Waals surface area (Å²) in [6, 6.07) is 0.870. The van der Waals surface area contributed by atoms with E-state index in [1.54, 1.807) is 7.11 Å². The summed E-state index contributed by atoms with van der Waals surface area (Å²) in [4.78, 5) is 14.6. The quantitative estimate of drug-likeness (QED) is 0.659. The van der Waals surface area contributed by atoms with E-state index in [1.807, 2.05) is 6.92 Å². The van der Waals surface area contributed by atoms with Gasteiger partial charge in [0.1, 0.15) is 5.54 Å². The number of rotatable bonds is 9. The number of esters is 1. The van der Waals surface area contributed by atoms with E-state index >= 15 is 0 Å². The highest BCUT2D eigenvalue weighted by Gasteiger charge is 2.45. The Bertz CT molecular complexity index is 321. The van der Waals surface area contributed by atoms with Crippen LogP contribution in [0.3, 0.4) is 0 Å². The first-order valence-electron chi connectivity index (χ1n) is 8.23. The molecule has 0 saturated heterocycles. The Balaban J connectivity index is 2.74. The van der Waals surface area contributed by atoms with Crippen molar-refractivity contribution in [3.05, 3.63) is 0 Å². The first kappa shape index (κ1) is 18.4. The second kappa shape index (κ2) is 8.71. The maximum absolute atomic E-state index is 12.1. The summed E-state index contributed by atoms with van der Waals surface area (Å²) in [5.74, 6) is -0.247. The van der Waals surface area contributed by atoms with Crippen LogP contribution in [0.15, 0.2) is 0 Å². The molecule has 2 unspecified atom stereocenters. The Morgan fingerprint density at radius 2 is 2.05 bits per heavy atom. The van der Waals surface area contributed by atoms with Gasteiger partial charge in [-0.15, -0.1) is 0 Å². The highest BCUT2D eigenvalue weighted by molar-refractivity contribution is 5.81. The molecule has 0 bridgehead atoms. The maximum Gasteiger partial charge on any atom is 0.326 e. The molecule has 1 fully saturated rings. The van der Waals surface area contributed by atoms with Gasteiger partial charge in [-0.1, -0.05) is 13.8 Å². The number of methoxy groups -OCH3 is 1. The van der Waals surface area contributed by atoms with E-state index in [0.29, 0.717) is 38.1 Å². The smallest absolute Gasteiger partial charge is 0.326 e. The minimum Gasteiger partial charge on any atom is -0.465 e. The predicted molar refractivity (Wildman–Crippen MR) is 84.1 cm³/mol. The van der Waals surface area contributed by atoms with Crippen LogP contribution in [-0.2, 0) is 14.3 Å². The Morgan fingerprint density at radius 1 is 1.38 bits per heavy atom. The third-order valence-electron chi connectivity index (χ3n) is 4.64. The normalized spacial score (nSPS) is 25.8. The van der Waals surface area contributed by atoms with Gasteiger partial charge in [0.05, 0.1) is 13.2 Å². The molecule has 0 aliphatic heterocycles. The molecule has 2 N–H and O–H groups in total. The summed E-state index contributed by atoms with van der Waals surface area (Å²) in [5, 5.41) is 0. The fourth-order valence-corrected chi connectivity index (χ4v) is 3.41. The van der Waals surface area contributed by atoms with Gasteiger partial charge in [0.2, 0.25) is 0 Å². The second-order valence-corrected chi connectivity index (χ2v) is 5.97. The Hall–Kier alpha value is -0.650. The Kier molecular flexibility index (Phi) is 7.63. The lowest BCUT2D eigenvalue weighted by atomic mass is 9.98. The molecule has 1 saturated carbocycles. The monoisotopic (exact) mass is 300 g/mol. The van der Waals surface area contributed by atoms with Gasteiger partial charge in [-0.05, 0) is 39.0 Å². The van der Waals surface area contributed by atoms with Crippen molar-refractivity contribution >= 4 is 5.97 Å². The summed E-state index contributed by atoms with van der Waals surface area (Å²) >= 11 is 0. The predicted octanol–water partition coefficient (Wildman–Crippen LogP) is 1.94. The number of hydrogen-bond donors (Lipinski definition) is 1. The molecule has 21 heavy (non-hydrogen) atoms. The summed E-state index contributed by atoms with van der Waals surface area (Å²) in [7, 11) is 1.73. The molecule has 1 aliphatic rings.